The molecule has 0 unspecified atom stereocenters. The number of halogens is 2. The summed E-state index contributed by atoms with van der Waals surface area (Å²) in [5.41, 5.74) is -0.218. The van der Waals surface area contributed by atoms with Crippen molar-refractivity contribution in [3.8, 4) is 6.07 Å². The zero-order valence-corrected chi connectivity index (χ0v) is 13.9. The average molecular weight is 363 g/mol. The third kappa shape index (κ3) is 4.05. The van der Waals surface area contributed by atoms with Crippen molar-refractivity contribution in [3.63, 3.8) is 0 Å². The molecule has 1 heterocycles. The molecule has 0 radical (unpaired) electrons. The van der Waals surface area contributed by atoms with Crippen molar-refractivity contribution in [2.75, 3.05) is 12.0 Å². The number of hydrogen-bond donors (Lipinski definition) is 0. The van der Waals surface area contributed by atoms with Gasteiger partial charge in [-0.3, -0.25) is 9.69 Å². The summed E-state index contributed by atoms with van der Waals surface area (Å²) < 4.78 is 31.5. The quantitative estimate of drug-likeness (QED) is 0.473. The number of carbonyl (C=O) groups excluding carboxylic acids is 2. The van der Waals surface area contributed by atoms with E-state index in [1.165, 1.54) is 18.4 Å². The molecule has 0 spiro atoms. The number of aromatic nitrogens is 1. The summed E-state index contributed by atoms with van der Waals surface area (Å²) in [6.07, 6.45) is 1.19. The van der Waals surface area contributed by atoms with Crippen molar-refractivity contribution < 1.29 is 23.1 Å². The maximum atomic E-state index is 14.0. The number of rotatable bonds is 4. The van der Waals surface area contributed by atoms with Gasteiger partial charge in [0.05, 0.1) is 18.5 Å². The van der Waals surface area contributed by atoms with Gasteiger partial charge < -0.3 is 4.74 Å². The number of ether oxygens (including phenoxy) is 1. The van der Waals surface area contributed by atoms with Crippen molar-refractivity contribution in [1.82, 2.24) is 4.98 Å². The second-order valence-corrected chi connectivity index (χ2v) is 5.50. The SMILES string of the molecule is COC(=O)/C(C#N)=C/c1csc(N(C(C)=O)c2ccc(F)cc2F)n1. The number of carbonyl (C=O) groups is 2. The van der Waals surface area contributed by atoms with Gasteiger partial charge in [0.15, 0.2) is 5.13 Å². The third-order valence-corrected chi connectivity index (χ3v) is 3.83. The molecule has 25 heavy (non-hydrogen) atoms. The Bertz CT molecular complexity index is 902. The van der Waals surface area contributed by atoms with Crippen LogP contribution in [0.4, 0.5) is 19.6 Å². The maximum absolute atomic E-state index is 14.0. The maximum Gasteiger partial charge on any atom is 0.348 e. The number of methoxy groups -OCH3 is 1. The van der Waals surface area contributed by atoms with Gasteiger partial charge in [-0.05, 0) is 18.2 Å². The van der Waals surface area contributed by atoms with Crippen LogP contribution in [0.3, 0.4) is 0 Å². The number of esters is 1. The molecule has 0 aliphatic rings. The predicted molar refractivity (Wildman–Crippen MR) is 86.9 cm³/mol. The molecule has 0 aliphatic carbocycles. The van der Waals surface area contributed by atoms with Crippen LogP contribution in [0.1, 0.15) is 12.6 Å². The van der Waals surface area contributed by atoms with Crippen LogP contribution in [-0.4, -0.2) is 24.0 Å². The molecule has 1 aromatic carbocycles. The molecule has 2 rings (SSSR count). The second-order valence-electron chi connectivity index (χ2n) is 4.67. The van der Waals surface area contributed by atoms with E-state index in [-0.39, 0.29) is 22.1 Å². The van der Waals surface area contributed by atoms with E-state index in [0.717, 1.165) is 35.5 Å². The fraction of sp³-hybridized carbons (Fsp3) is 0.125. The highest BCUT2D eigenvalue weighted by Gasteiger charge is 2.21. The molecule has 128 valence electrons. The van der Waals surface area contributed by atoms with Crippen LogP contribution in [0.25, 0.3) is 6.08 Å². The molecule has 9 heteroatoms. The van der Waals surface area contributed by atoms with Crippen LogP contribution < -0.4 is 4.90 Å². The summed E-state index contributed by atoms with van der Waals surface area (Å²) in [6, 6.07) is 4.48. The van der Waals surface area contributed by atoms with Crippen molar-refractivity contribution in [2.45, 2.75) is 6.92 Å². The Balaban J connectivity index is 2.44. The molecule has 0 saturated heterocycles. The van der Waals surface area contributed by atoms with Crippen molar-refractivity contribution in [2.24, 2.45) is 0 Å². The van der Waals surface area contributed by atoms with Gasteiger partial charge in [0, 0.05) is 18.4 Å². The predicted octanol–water partition coefficient (Wildman–Crippen LogP) is 3.19. The number of nitrogens with zero attached hydrogens (tertiary/aromatic N) is 3. The first kappa shape index (κ1) is 18.2. The summed E-state index contributed by atoms with van der Waals surface area (Å²) in [5, 5.41) is 10.5. The Kier molecular flexibility index (Phi) is 5.56. The minimum absolute atomic E-state index is 0.103. The van der Waals surface area contributed by atoms with Crippen molar-refractivity contribution >= 4 is 40.1 Å². The van der Waals surface area contributed by atoms with Crippen LogP contribution in [-0.2, 0) is 14.3 Å². The number of thiazole rings is 1. The topological polar surface area (TPSA) is 83.3 Å². The first-order valence-electron chi connectivity index (χ1n) is 6.78. The van der Waals surface area contributed by atoms with Gasteiger partial charge in [-0.1, -0.05) is 0 Å². The molecular weight excluding hydrogens is 352 g/mol. The molecule has 6 nitrogen and oxygen atoms in total. The first-order chi connectivity index (χ1) is 11.9. The van der Waals surface area contributed by atoms with Gasteiger partial charge in [0.25, 0.3) is 0 Å². The van der Waals surface area contributed by atoms with Gasteiger partial charge in [0.2, 0.25) is 5.91 Å². The van der Waals surface area contributed by atoms with E-state index in [0.29, 0.717) is 6.07 Å². The fourth-order valence-corrected chi connectivity index (χ4v) is 2.75. The van der Waals surface area contributed by atoms with Gasteiger partial charge >= 0.3 is 5.97 Å². The molecule has 1 aromatic heterocycles. The summed E-state index contributed by atoms with van der Waals surface area (Å²) in [4.78, 5) is 28.4. The normalized spacial score (nSPS) is 10.9. The lowest BCUT2D eigenvalue weighted by Crippen LogP contribution is -2.23. The van der Waals surface area contributed by atoms with E-state index in [1.54, 1.807) is 6.07 Å². The standard InChI is InChI=1S/C16H11F2N3O3S/c1-9(22)21(14-4-3-11(17)6-13(14)18)16-20-12(8-25-16)5-10(7-19)15(23)24-2/h3-6,8H,1-2H3/b10-5+. The summed E-state index contributed by atoms with van der Waals surface area (Å²) in [7, 11) is 1.13. The molecule has 0 atom stereocenters. The average Bonchev–Trinajstić information content (AvgIpc) is 3.02. The van der Waals surface area contributed by atoms with E-state index in [1.807, 2.05) is 0 Å². The van der Waals surface area contributed by atoms with Crippen molar-refractivity contribution in [1.29, 1.82) is 5.26 Å². The van der Waals surface area contributed by atoms with E-state index in [9.17, 15) is 18.4 Å². The molecular formula is C16H11F2N3O3S. The lowest BCUT2D eigenvalue weighted by atomic mass is 10.2. The van der Waals surface area contributed by atoms with Crippen molar-refractivity contribution in [3.05, 3.63) is 46.5 Å². The fourth-order valence-electron chi connectivity index (χ4n) is 1.91. The Hall–Kier alpha value is -3.12. The van der Waals surface area contributed by atoms with Gasteiger partial charge in [-0.15, -0.1) is 11.3 Å². The minimum atomic E-state index is -0.922. The van der Waals surface area contributed by atoms with Gasteiger partial charge in [-0.2, -0.15) is 5.26 Å². The van der Waals surface area contributed by atoms with Crippen LogP contribution >= 0.6 is 11.3 Å². The number of benzene rings is 1. The zero-order valence-electron chi connectivity index (χ0n) is 13.1. The van der Waals surface area contributed by atoms with Gasteiger partial charge in [-0.25, -0.2) is 18.6 Å². The van der Waals surface area contributed by atoms with E-state index in [2.05, 4.69) is 9.72 Å². The molecule has 0 fully saturated rings. The van der Waals surface area contributed by atoms with Gasteiger partial charge in [0.1, 0.15) is 23.3 Å². The molecule has 2 aromatic rings. The van der Waals surface area contributed by atoms with Crippen LogP contribution in [0.15, 0.2) is 29.2 Å². The molecule has 0 aliphatic heterocycles. The Morgan fingerprint density at radius 3 is 2.68 bits per heavy atom. The highest BCUT2D eigenvalue weighted by molar-refractivity contribution is 7.14. The third-order valence-electron chi connectivity index (χ3n) is 2.98. The highest BCUT2D eigenvalue weighted by Crippen LogP contribution is 2.31. The largest absolute Gasteiger partial charge is 0.465 e. The highest BCUT2D eigenvalue weighted by atomic mass is 32.1. The van der Waals surface area contributed by atoms with Crippen LogP contribution in [0, 0.1) is 23.0 Å². The molecule has 0 bridgehead atoms. The Morgan fingerprint density at radius 1 is 1.40 bits per heavy atom. The lowest BCUT2D eigenvalue weighted by molar-refractivity contribution is -0.135. The monoisotopic (exact) mass is 363 g/mol. The number of hydrogen-bond acceptors (Lipinski definition) is 6. The summed E-state index contributed by atoms with van der Waals surface area (Å²) >= 11 is 0.993. The van der Waals surface area contributed by atoms with E-state index in [4.69, 9.17) is 5.26 Å². The lowest BCUT2D eigenvalue weighted by Gasteiger charge is -2.18. The Morgan fingerprint density at radius 2 is 2.12 bits per heavy atom. The first-order valence-corrected chi connectivity index (χ1v) is 7.66. The van der Waals surface area contributed by atoms with Crippen LogP contribution in [0.2, 0.25) is 0 Å². The summed E-state index contributed by atoms with van der Waals surface area (Å²) in [5.74, 6) is -3.06. The zero-order chi connectivity index (χ0) is 18.6. The van der Waals surface area contributed by atoms with E-state index < -0.39 is 23.5 Å². The molecule has 1 amide bonds. The van der Waals surface area contributed by atoms with E-state index >= 15 is 0 Å². The Labute approximate surface area is 145 Å². The molecule has 0 saturated carbocycles. The molecule has 0 N–H and O–H groups in total. The minimum Gasteiger partial charge on any atom is -0.465 e. The number of amides is 1. The summed E-state index contributed by atoms with van der Waals surface area (Å²) in [6.45, 7) is 1.20. The smallest absolute Gasteiger partial charge is 0.348 e. The number of nitriles is 1. The number of anilines is 2. The van der Waals surface area contributed by atoms with Crippen LogP contribution in [0.5, 0.6) is 0 Å². The second kappa shape index (κ2) is 7.63.